The van der Waals surface area contributed by atoms with Gasteiger partial charge < -0.3 is 10.3 Å². The summed E-state index contributed by atoms with van der Waals surface area (Å²) in [6.45, 7) is 7.48. The topological polar surface area (TPSA) is 47.1 Å². The standard InChI is InChI=1S/C17H26N4/c1-3-15(20-10-6-7-11-20)17-19-14-8-4-5-9-16(14)21(17)13(2)12-18/h4-5,8-9,13,15H,3,6-7,10-12,18H2,1-2H3. The lowest BCUT2D eigenvalue weighted by atomic mass is 10.1. The Labute approximate surface area is 126 Å². The molecule has 0 aliphatic carbocycles. The van der Waals surface area contributed by atoms with Crippen LogP contribution in [-0.4, -0.2) is 34.1 Å². The number of rotatable bonds is 5. The van der Waals surface area contributed by atoms with Gasteiger partial charge >= 0.3 is 0 Å². The Morgan fingerprint density at radius 2 is 1.95 bits per heavy atom. The minimum atomic E-state index is 0.282. The molecule has 1 aromatic heterocycles. The number of hydrogen-bond acceptors (Lipinski definition) is 3. The molecule has 3 rings (SSSR count). The van der Waals surface area contributed by atoms with Crippen molar-refractivity contribution in [1.29, 1.82) is 0 Å². The van der Waals surface area contributed by atoms with E-state index in [4.69, 9.17) is 10.7 Å². The molecule has 1 saturated heterocycles. The van der Waals surface area contributed by atoms with Gasteiger partial charge in [0.1, 0.15) is 5.82 Å². The molecule has 21 heavy (non-hydrogen) atoms. The first kappa shape index (κ1) is 14.5. The van der Waals surface area contributed by atoms with Gasteiger partial charge in [0.25, 0.3) is 0 Å². The van der Waals surface area contributed by atoms with E-state index in [1.54, 1.807) is 0 Å². The molecule has 114 valence electrons. The van der Waals surface area contributed by atoms with E-state index in [9.17, 15) is 0 Å². The molecule has 0 bridgehead atoms. The Morgan fingerprint density at radius 1 is 1.24 bits per heavy atom. The Morgan fingerprint density at radius 3 is 2.62 bits per heavy atom. The van der Waals surface area contributed by atoms with Crippen molar-refractivity contribution in [3.63, 3.8) is 0 Å². The van der Waals surface area contributed by atoms with Crippen LogP contribution < -0.4 is 5.73 Å². The molecule has 2 heterocycles. The minimum Gasteiger partial charge on any atom is -0.328 e. The van der Waals surface area contributed by atoms with Crippen LogP contribution in [0.3, 0.4) is 0 Å². The highest BCUT2D eigenvalue weighted by Crippen LogP contribution is 2.31. The second-order valence-corrected chi connectivity index (χ2v) is 6.08. The predicted molar refractivity (Wildman–Crippen MR) is 87.3 cm³/mol. The first-order valence-corrected chi connectivity index (χ1v) is 8.17. The highest BCUT2D eigenvalue weighted by atomic mass is 15.2. The zero-order valence-electron chi connectivity index (χ0n) is 13.1. The largest absolute Gasteiger partial charge is 0.328 e. The number of benzene rings is 1. The lowest BCUT2D eigenvalue weighted by Gasteiger charge is -2.28. The highest BCUT2D eigenvalue weighted by molar-refractivity contribution is 5.76. The fourth-order valence-electron chi connectivity index (χ4n) is 3.52. The molecule has 0 amide bonds. The summed E-state index contributed by atoms with van der Waals surface area (Å²) in [7, 11) is 0. The highest BCUT2D eigenvalue weighted by Gasteiger charge is 2.28. The van der Waals surface area contributed by atoms with Crippen LogP contribution in [0.2, 0.25) is 0 Å². The molecule has 4 heteroatoms. The number of fused-ring (bicyclic) bond motifs is 1. The molecule has 2 aromatic rings. The molecule has 2 N–H and O–H groups in total. The quantitative estimate of drug-likeness (QED) is 0.918. The fourth-order valence-corrected chi connectivity index (χ4v) is 3.52. The van der Waals surface area contributed by atoms with E-state index in [0.29, 0.717) is 12.6 Å². The van der Waals surface area contributed by atoms with E-state index in [2.05, 4.69) is 47.6 Å². The lowest BCUT2D eigenvalue weighted by Crippen LogP contribution is -2.29. The average molecular weight is 286 g/mol. The summed E-state index contributed by atoms with van der Waals surface area (Å²) in [5, 5.41) is 0. The lowest BCUT2D eigenvalue weighted by molar-refractivity contribution is 0.223. The normalized spacial score (nSPS) is 19.2. The molecule has 2 unspecified atom stereocenters. The van der Waals surface area contributed by atoms with Crippen molar-refractivity contribution in [1.82, 2.24) is 14.5 Å². The number of hydrogen-bond donors (Lipinski definition) is 1. The third-order valence-electron chi connectivity index (χ3n) is 4.67. The molecule has 1 fully saturated rings. The summed E-state index contributed by atoms with van der Waals surface area (Å²) in [5.41, 5.74) is 8.26. The van der Waals surface area contributed by atoms with Gasteiger partial charge in [0.2, 0.25) is 0 Å². The van der Waals surface area contributed by atoms with E-state index in [1.165, 1.54) is 37.3 Å². The van der Waals surface area contributed by atoms with E-state index in [0.717, 1.165) is 11.9 Å². The van der Waals surface area contributed by atoms with Crippen LogP contribution in [0, 0.1) is 0 Å². The molecule has 1 aliphatic rings. The molecular weight excluding hydrogens is 260 g/mol. The van der Waals surface area contributed by atoms with E-state index in [1.807, 2.05) is 0 Å². The average Bonchev–Trinajstić information content (AvgIpc) is 3.15. The van der Waals surface area contributed by atoms with Crippen LogP contribution in [-0.2, 0) is 0 Å². The number of aromatic nitrogens is 2. The fraction of sp³-hybridized carbons (Fsp3) is 0.588. The summed E-state index contributed by atoms with van der Waals surface area (Å²) in [6.07, 6.45) is 3.72. The number of likely N-dealkylation sites (tertiary alicyclic amines) is 1. The third kappa shape index (κ3) is 2.58. The van der Waals surface area contributed by atoms with Gasteiger partial charge in [-0.3, -0.25) is 4.90 Å². The van der Waals surface area contributed by atoms with Crippen LogP contribution in [0.5, 0.6) is 0 Å². The molecule has 0 spiro atoms. The molecule has 0 saturated carbocycles. The Hall–Kier alpha value is -1.39. The van der Waals surface area contributed by atoms with Gasteiger partial charge in [-0.1, -0.05) is 19.1 Å². The van der Waals surface area contributed by atoms with Crippen LogP contribution in [0.15, 0.2) is 24.3 Å². The zero-order valence-corrected chi connectivity index (χ0v) is 13.1. The van der Waals surface area contributed by atoms with Crippen LogP contribution in [0.1, 0.15) is 51.0 Å². The Bertz CT molecular complexity index is 598. The van der Waals surface area contributed by atoms with Gasteiger partial charge in [-0.25, -0.2) is 4.98 Å². The van der Waals surface area contributed by atoms with E-state index in [-0.39, 0.29) is 6.04 Å². The number of nitrogens with zero attached hydrogens (tertiary/aromatic N) is 3. The van der Waals surface area contributed by atoms with Crippen molar-refractivity contribution in [3.8, 4) is 0 Å². The van der Waals surface area contributed by atoms with E-state index < -0.39 is 0 Å². The van der Waals surface area contributed by atoms with Crippen molar-refractivity contribution in [3.05, 3.63) is 30.1 Å². The summed E-state index contributed by atoms with van der Waals surface area (Å²) in [4.78, 5) is 7.55. The van der Waals surface area contributed by atoms with Crippen LogP contribution in [0.25, 0.3) is 11.0 Å². The van der Waals surface area contributed by atoms with Gasteiger partial charge in [-0.15, -0.1) is 0 Å². The maximum atomic E-state index is 5.96. The minimum absolute atomic E-state index is 0.282. The SMILES string of the molecule is CCC(c1nc2ccccc2n1C(C)CN)N1CCCC1. The number of para-hydroxylation sites is 2. The van der Waals surface area contributed by atoms with Crippen molar-refractivity contribution in [2.24, 2.45) is 5.73 Å². The monoisotopic (exact) mass is 286 g/mol. The second-order valence-electron chi connectivity index (χ2n) is 6.08. The summed E-state index contributed by atoms with van der Waals surface area (Å²) in [5.74, 6) is 1.19. The number of imidazole rings is 1. The Balaban J connectivity index is 2.10. The summed E-state index contributed by atoms with van der Waals surface area (Å²) in [6, 6.07) is 9.11. The maximum absolute atomic E-state index is 5.96. The second kappa shape index (κ2) is 6.16. The smallest absolute Gasteiger partial charge is 0.127 e. The van der Waals surface area contributed by atoms with Gasteiger partial charge in [-0.05, 0) is 51.4 Å². The number of nitrogens with two attached hydrogens (primary N) is 1. The maximum Gasteiger partial charge on any atom is 0.127 e. The molecule has 2 atom stereocenters. The van der Waals surface area contributed by atoms with Gasteiger partial charge in [0.15, 0.2) is 0 Å². The van der Waals surface area contributed by atoms with Crippen LogP contribution in [0.4, 0.5) is 0 Å². The van der Waals surface area contributed by atoms with Gasteiger partial charge in [-0.2, -0.15) is 0 Å². The van der Waals surface area contributed by atoms with Crippen molar-refractivity contribution in [2.45, 2.75) is 45.2 Å². The van der Waals surface area contributed by atoms with Crippen LogP contribution >= 0.6 is 0 Å². The summed E-state index contributed by atoms with van der Waals surface area (Å²) >= 11 is 0. The first-order chi connectivity index (χ1) is 10.3. The van der Waals surface area contributed by atoms with Crippen molar-refractivity contribution >= 4 is 11.0 Å². The molecule has 1 aromatic carbocycles. The zero-order chi connectivity index (χ0) is 14.8. The van der Waals surface area contributed by atoms with Gasteiger partial charge in [0, 0.05) is 12.6 Å². The Kier molecular flexibility index (Phi) is 4.27. The first-order valence-electron chi connectivity index (χ1n) is 8.17. The molecule has 0 radical (unpaired) electrons. The van der Waals surface area contributed by atoms with Crippen molar-refractivity contribution in [2.75, 3.05) is 19.6 Å². The van der Waals surface area contributed by atoms with E-state index >= 15 is 0 Å². The predicted octanol–water partition coefficient (Wildman–Crippen LogP) is 3.10. The molecule has 1 aliphatic heterocycles. The third-order valence-corrected chi connectivity index (χ3v) is 4.67. The summed E-state index contributed by atoms with van der Waals surface area (Å²) < 4.78 is 2.36. The van der Waals surface area contributed by atoms with Gasteiger partial charge in [0.05, 0.1) is 17.1 Å². The van der Waals surface area contributed by atoms with Crippen molar-refractivity contribution < 1.29 is 0 Å². The molecule has 4 nitrogen and oxygen atoms in total. The molecular formula is C17H26N4.